The number of amides is 2. The number of fused-ring (bicyclic) bond motifs is 1. The molecule has 3 rings (SSSR count). The van der Waals surface area contributed by atoms with E-state index in [1.807, 2.05) is 23.1 Å². The summed E-state index contributed by atoms with van der Waals surface area (Å²) in [6, 6.07) is 5.71. The summed E-state index contributed by atoms with van der Waals surface area (Å²) in [5, 5.41) is 2.78. The van der Waals surface area contributed by atoms with Crippen molar-refractivity contribution in [3.8, 4) is 0 Å². The van der Waals surface area contributed by atoms with Crippen LogP contribution in [-0.4, -0.2) is 32.1 Å². The highest BCUT2D eigenvalue weighted by Gasteiger charge is 2.36. The Hall–Kier alpha value is -1.88. The van der Waals surface area contributed by atoms with Gasteiger partial charge in [-0.3, -0.25) is 9.59 Å². The summed E-state index contributed by atoms with van der Waals surface area (Å²) in [7, 11) is 1.49. The molecule has 2 amide bonds. The Kier molecular flexibility index (Phi) is 3.44. The van der Waals surface area contributed by atoms with Gasteiger partial charge in [-0.25, -0.2) is 0 Å². The molecule has 1 aromatic rings. The number of ether oxygens (including phenoxy) is 1. The summed E-state index contributed by atoms with van der Waals surface area (Å²) >= 11 is 0. The molecule has 106 valence electrons. The van der Waals surface area contributed by atoms with E-state index >= 15 is 0 Å². The van der Waals surface area contributed by atoms with Crippen LogP contribution in [0.4, 0.5) is 11.4 Å². The van der Waals surface area contributed by atoms with Crippen LogP contribution in [0.1, 0.15) is 18.4 Å². The zero-order valence-electron chi connectivity index (χ0n) is 11.5. The molecule has 20 heavy (non-hydrogen) atoms. The van der Waals surface area contributed by atoms with Crippen molar-refractivity contribution in [2.45, 2.75) is 19.3 Å². The van der Waals surface area contributed by atoms with Crippen molar-refractivity contribution in [3.05, 3.63) is 23.8 Å². The van der Waals surface area contributed by atoms with Gasteiger partial charge in [0.05, 0.1) is 0 Å². The Morgan fingerprint density at radius 3 is 2.90 bits per heavy atom. The summed E-state index contributed by atoms with van der Waals surface area (Å²) < 4.78 is 4.79. The van der Waals surface area contributed by atoms with E-state index in [2.05, 4.69) is 5.32 Å². The maximum atomic E-state index is 12.2. The van der Waals surface area contributed by atoms with Crippen molar-refractivity contribution in [2.24, 2.45) is 5.92 Å². The summed E-state index contributed by atoms with van der Waals surface area (Å²) in [4.78, 5) is 25.5. The predicted molar refractivity (Wildman–Crippen MR) is 75.7 cm³/mol. The molecule has 0 bridgehead atoms. The fourth-order valence-corrected chi connectivity index (χ4v) is 2.59. The lowest BCUT2D eigenvalue weighted by Gasteiger charge is -2.17. The molecule has 1 aromatic carbocycles. The van der Waals surface area contributed by atoms with Crippen LogP contribution in [-0.2, 0) is 20.7 Å². The predicted octanol–water partition coefficient (Wildman–Crippen LogP) is 1.57. The molecule has 0 unspecified atom stereocenters. The van der Waals surface area contributed by atoms with Crippen molar-refractivity contribution in [1.82, 2.24) is 0 Å². The lowest BCUT2D eigenvalue weighted by Crippen LogP contribution is -2.30. The molecule has 1 aliphatic heterocycles. The number of methoxy groups -OCH3 is 1. The molecule has 1 fully saturated rings. The third-order valence-electron chi connectivity index (χ3n) is 3.73. The van der Waals surface area contributed by atoms with Crippen LogP contribution >= 0.6 is 0 Å². The van der Waals surface area contributed by atoms with Gasteiger partial charge in [0.15, 0.2) is 0 Å². The van der Waals surface area contributed by atoms with Gasteiger partial charge in [0.1, 0.15) is 6.61 Å². The van der Waals surface area contributed by atoms with Crippen LogP contribution in [0.2, 0.25) is 0 Å². The molecular formula is C15H18N2O3. The van der Waals surface area contributed by atoms with E-state index in [9.17, 15) is 9.59 Å². The first-order valence-corrected chi connectivity index (χ1v) is 6.92. The maximum Gasteiger partial charge on any atom is 0.250 e. The van der Waals surface area contributed by atoms with Gasteiger partial charge >= 0.3 is 0 Å². The van der Waals surface area contributed by atoms with Crippen molar-refractivity contribution in [2.75, 3.05) is 30.5 Å². The number of benzene rings is 1. The zero-order chi connectivity index (χ0) is 14.1. The lowest BCUT2D eigenvalue weighted by atomic mass is 10.1. The van der Waals surface area contributed by atoms with Gasteiger partial charge in [-0.15, -0.1) is 0 Å². The highest BCUT2D eigenvalue weighted by molar-refractivity contribution is 5.99. The normalized spacial score (nSPS) is 16.9. The van der Waals surface area contributed by atoms with E-state index in [1.54, 1.807) is 0 Å². The molecular weight excluding hydrogens is 256 g/mol. The monoisotopic (exact) mass is 274 g/mol. The third-order valence-corrected chi connectivity index (χ3v) is 3.73. The minimum atomic E-state index is -0.170. The Bertz CT molecular complexity index is 552. The third kappa shape index (κ3) is 2.54. The van der Waals surface area contributed by atoms with Gasteiger partial charge in [0.2, 0.25) is 11.8 Å². The van der Waals surface area contributed by atoms with Crippen LogP contribution in [0.3, 0.4) is 0 Å². The van der Waals surface area contributed by atoms with E-state index in [-0.39, 0.29) is 24.3 Å². The maximum absolute atomic E-state index is 12.2. The van der Waals surface area contributed by atoms with Gasteiger partial charge < -0.3 is 15.0 Å². The number of anilines is 2. The average Bonchev–Trinajstić information content (AvgIpc) is 3.18. The van der Waals surface area contributed by atoms with E-state index in [1.165, 1.54) is 7.11 Å². The molecule has 5 nitrogen and oxygen atoms in total. The average molecular weight is 274 g/mol. The summed E-state index contributed by atoms with van der Waals surface area (Å²) in [6.07, 6.45) is 2.90. The number of hydrogen-bond donors (Lipinski definition) is 1. The first-order chi connectivity index (χ1) is 9.69. The van der Waals surface area contributed by atoms with Crippen LogP contribution in [0.25, 0.3) is 0 Å². The minimum absolute atomic E-state index is 0.0450. The lowest BCUT2D eigenvalue weighted by molar-refractivity contribution is -0.120. The molecule has 0 saturated heterocycles. The standard InChI is InChI=1S/C15H18N2O3/c1-20-9-14(18)16-12-4-5-13-11(8-12)6-7-17(13)15(19)10-2-3-10/h4-5,8,10H,2-3,6-7,9H2,1H3,(H,16,18). The van der Waals surface area contributed by atoms with Gasteiger partial charge in [-0.05, 0) is 43.0 Å². The Balaban J connectivity index is 1.74. The van der Waals surface area contributed by atoms with Crippen LogP contribution in [0.5, 0.6) is 0 Å². The summed E-state index contributed by atoms with van der Waals surface area (Å²) in [5.41, 5.74) is 2.87. The zero-order valence-corrected chi connectivity index (χ0v) is 11.5. The van der Waals surface area contributed by atoms with Gasteiger partial charge in [0, 0.05) is 30.9 Å². The van der Waals surface area contributed by atoms with Crippen molar-refractivity contribution in [3.63, 3.8) is 0 Å². The molecule has 1 aliphatic carbocycles. The molecule has 1 N–H and O–H groups in total. The number of carbonyl (C=O) groups is 2. The molecule has 5 heteroatoms. The second-order valence-electron chi connectivity index (χ2n) is 5.34. The van der Waals surface area contributed by atoms with E-state index in [4.69, 9.17) is 4.74 Å². The topological polar surface area (TPSA) is 58.6 Å². The van der Waals surface area contributed by atoms with Crippen LogP contribution < -0.4 is 10.2 Å². The van der Waals surface area contributed by atoms with Crippen LogP contribution in [0, 0.1) is 5.92 Å². The summed E-state index contributed by atoms with van der Waals surface area (Å²) in [5.74, 6) is 0.318. The summed E-state index contributed by atoms with van der Waals surface area (Å²) in [6.45, 7) is 0.795. The van der Waals surface area contributed by atoms with E-state index < -0.39 is 0 Å². The largest absolute Gasteiger partial charge is 0.375 e. The van der Waals surface area contributed by atoms with Gasteiger partial charge in [-0.2, -0.15) is 0 Å². The first-order valence-electron chi connectivity index (χ1n) is 6.92. The number of nitrogens with zero attached hydrogens (tertiary/aromatic N) is 1. The van der Waals surface area contributed by atoms with Crippen molar-refractivity contribution in [1.29, 1.82) is 0 Å². The van der Waals surface area contributed by atoms with Gasteiger partial charge in [0.25, 0.3) is 0 Å². The second-order valence-corrected chi connectivity index (χ2v) is 5.34. The molecule has 1 saturated carbocycles. The quantitative estimate of drug-likeness (QED) is 0.906. The Labute approximate surface area is 117 Å². The second kappa shape index (κ2) is 5.25. The fourth-order valence-electron chi connectivity index (χ4n) is 2.59. The highest BCUT2D eigenvalue weighted by Crippen LogP contribution is 2.37. The number of rotatable bonds is 4. The minimum Gasteiger partial charge on any atom is -0.375 e. The van der Waals surface area contributed by atoms with Crippen LogP contribution in [0.15, 0.2) is 18.2 Å². The van der Waals surface area contributed by atoms with E-state index in [0.717, 1.165) is 42.7 Å². The Morgan fingerprint density at radius 1 is 1.40 bits per heavy atom. The smallest absolute Gasteiger partial charge is 0.250 e. The molecule has 0 radical (unpaired) electrons. The van der Waals surface area contributed by atoms with Crippen molar-refractivity contribution >= 4 is 23.2 Å². The van der Waals surface area contributed by atoms with Crippen molar-refractivity contribution < 1.29 is 14.3 Å². The molecule has 0 spiro atoms. The first kappa shape index (κ1) is 13.1. The number of nitrogens with one attached hydrogen (secondary N) is 1. The SMILES string of the molecule is COCC(=O)Nc1ccc2c(c1)CCN2C(=O)C1CC1. The highest BCUT2D eigenvalue weighted by atomic mass is 16.5. The molecule has 0 aromatic heterocycles. The Morgan fingerprint density at radius 2 is 2.20 bits per heavy atom. The molecule has 1 heterocycles. The number of carbonyl (C=O) groups excluding carboxylic acids is 2. The molecule has 0 atom stereocenters. The molecule has 2 aliphatic rings. The van der Waals surface area contributed by atoms with Gasteiger partial charge in [-0.1, -0.05) is 0 Å². The number of hydrogen-bond acceptors (Lipinski definition) is 3. The van der Waals surface area contributed by atoms with E-state index in [0.29, 0.717) is 0 Å². The fraction of sp³-hybridized carbons (Fsp3) is 0.467.